The van der Waals surface area contributed by atoms with Gasteiger partial charge in [-0.3, -0.25) is 4.79 Å². The molecule has 32 heavy (non-hydrogen) atoms. The van der Waals surface area contributed by atoms with E-state index in [9.17, 15) is 4.79 Å². The Bertz CT molecular complexity index is 1190. The van der Waals surface area contributed by atoms with Crippen molar-refractivity contribution in [2.45, 2.75) is 13.3 Å². The van der Waals surface area contributed by atoms with Crippen LogP contribution in [-0.2, 0) is 6.42 Å². The zero-order valence-corrected chi connectivity index (χ0v) is 19.1. The molecule has 4 rings (SSSR count). The maximum atomic E-state index is 12.7. The molecule has 1 aliphatic heterocycles. The van der Waals surface area contributed by atoms with E-state index in [1.807, 2.05) is 73.7 Å². The summed E-state index contributed by atoms with van der Waals surface area (Å²) < 4.78 is 11.0. The summed E-state index contributed by atoms with van der Waals surface area (Å²) in [5.41, 5.74) is 5.53. The summed E-state index contributed by atoms with van der Waals surface area (Å²) >= 11 is 1.42. The van der Waals surface area contributed by atoms with Gasteiger partial charge in [-0.25, -0.2) is 0 Å². The lowest BCUT2D eigenvalue weighted by Crippen LogP contribution is -2.09. The first-order chi connectivity index (χ1) is 15.6. The van der Waals surface area contributed by atoms with Crippen LogP contribution in [0.2, 0.25) is 0 Å². The molecule has 6 heteroatoms. The van der Waals surface area contributed by atoms with Crippen LogP contribution in [0.4, 0.5) is 0 Å². The lowest BCUT2D eigenvalue weighted by atomic mass is 9.95. The van der Waals surface area contributed by atoms with Crippen molar-refractivity contribution >= 4 is 28.3 Å². The van der Waals surface area contributed by atoms with Crippen LogP contribution in [0.1, 0.15) is 32.6 Å². The predicted octanol–water partition coefficient (Wildman–Crippen LogP) is 5.34. The van der Waals surface area contributed by atoms with Crippen molar-refractivity contribution in [3.05, 3.63) is 94.5 Å². The second-order valence-corrected chi connectivity index (χ2v) is 8.48. The molecule has 3 aromatic rings. The fraction of sp³-hybridized carbons (Fsp3) is 0.192. The second-order valence-electron chi connectivity index (χ2n) is 7.43. The van der Waals surface area contributed by atoms with Crippen molar-refractivity contribution < 1.29 is 14.3 Å². The van der Waals surface area contributed by atoms with Crippen LogP contribution < -0.4 is 9.47 Å². The van der Waals surface area contributed by atoms with Crippen molar-refractivity contribution in [2.24, 2.45) is 10.2 Å². The number of hydrogen-bond donors (Lipinski definition) is 0. The normalized spacial score (nSPS) is 12.8. The van der Waals surface area contributed by atoms with Crippen LogP contribution in [-0.4, -0.2) is 36.5 Å². The highest BCUT2D eigenvalue weighted by molar-refractivity contribution is 8.14. The van der Waals surface area contributed by atoms with Crippen LogP contribution in [0.5, 0.6) is 11.5 Å². The molecule has 0 amide bonds. The molecule has 0 aliphatic carbocycles. The number of aryl methyl sites for hydroxylation is 1. The fourth-order valence-electron chi connectivity index (χ4n) is 3.51. The highest BCUT2D eigenvalue weighted by Gasteiger charge is 2.21. The van der Waals surface area contributed by atoms with E-state index in [0.29, 0.717) is 29.2 Å². The van der Waals surface area contributed by atoms with Gasteiger partial charge in [-0.1, -0.05) is 60.2 Å². The fourth-order valence-corrected chi connectivity index (χ4v) is 4.33. The third-order valence-electron chi connectivity index (χ3n) is 5.26. The molecule has 0 spiro atoms. The van der Waals surface area contributed by atoms with E-state index in [0.717, 1.165) is 33.0 Å². The second kappa shape index (κ2) is 9.83. The minimum absolute atomic E-state index is 0.0711. The maximum absolute atomic E-state index is 12.7. The zero-order valence-electron chi connectivity index (χ0n) is 18.3. The first-order valence-electron chi connectivity index (χ1n) is 10.3. The number of benzene rings is 3. The lowest BCUT2D eigenvalue weighted by molar-refractivity contribution is 0.102. The lowest BCUT2D eigenvalue weighted by Gasteiger charge is -2.15. The molecular weight excluding hydrogens is 420 g/mol. The predicted molar refractivity (Wildman–Crippen MR) is 131 cm³/mol. The Morgan fingerprint density at radius 1 is 0.938 bits per heavy atom. The van der Waals surface area contributed by atoms with Gasteiger partial charge >= 0.3 is 0 Å². The average molecular weight is 445 g/mol. The number of ketones is 1. The van der Waals surface area contributed by atoms with Crippen molar-refractivity contribution in [1.82, 2.24) is 0 Å². The van der Waals surface area contributed by atoms with E-state index in [-0.39, 0.29) is 5.78 Å². The van der Waals surface area contributed by atoms with Gasteiger partial charge in [0.25, 0.3) is 0 Å². The van der Waals surface area contributed by atoms with E-state index in [4.69, 9.17) is 9.47 Å². The molecule has 0 fully saturated rings. The van der Waals surface area contributed by atoms with Crippen LogP contribution in [0.3, 0.4) is 0 Å². The number of methoxy groups -OCH3 is 2. The van der Waals surface area contributed by atoms with Crippen LogP contribution in [0.25, 0.3) is 0 Å². The Labute approximate surface area is 192 Å². The molecule has 1 aliphatic rings. The van der Waals surface area contributed by atoms with E-state index in [1.165, 1.54) is 11.8 Å². The van der Waals surface area contributed by atoms with Crippen LogP contribution in [0.15, 0.2) is 76.9 Å². The van der Waals surface area contributed by atoms with Crippen LogP contribution in [0, 0.1) is 6.92 Å². The molecule has 0 unspecified atom stereocenters. The molecule has 3 aromatic carbocycles. The Morgan fingerprint density at radius 2 is 1.62 bits per heavy atom. The summed E-state index contributed by atoms with van der Waals surface area (Å²) in [5, 5.41) is 9.89. The van der Waals surface area contributed by atoms with Crippen molar-refractivity contribution in [2.75, 3.05) is 20.0 Å². The Morgan fingerprint density at radius 3 is 2.31 bits per heavy atom. The summed E-state index contributed by atoms with van der Waals surface area (Å²) in [6, 6.07) is 21.5. The number of rotatable bonds is 6. The molecule has 162 valence electrons. The largest absolute Gasteiger partial charge is 0.493 e. The number of ether oxygens (including phenoxy) is 2. The van der Waals surface area contributed by atoms with Gasteiger partial charge in [-0.05, 0) is 24.6 Å². The number of fused-ring (bicyclic) bond motifs is 1. The molecule has 0 saturated heterocycles. The van der Waals surface area contributed by atoms with Crippen molar-refractivity contribution in [1.29, 1.82) is 0 Å². The molecular formula is C26H24N2O3S. The minimum Gasteiger partial charge on any atom is -0.493 e. The first kappa shape index (κ1) is 21.8. The van der Waals surface area contributed by atoms with Crippen LogP contribution >= 0.6 is 11.8 Å². The van der Waals surface area contributed by atoms with Gasteiger partial charge in [0.15, 0.2) is 17.3 Å². The smallest absolute Gasteiger partial charge is 0.173 e. The van der Waals surface area contributed by atoms with Gasteiger partial charge in [0.1, 0.15) is 10.8 Å². The quantitative estimate of drug-likeness (QED) is 0.482. The molecule has 0 atom stereocenters. The summed E-state index contributed by atoms with van der Waals surface area (Å²) in [5.74, 6) is 1.67. The zero-order chi connectivity index (χ0) is 22.5. The first-order valence-corrected chi connectivity index (χ1v) is 11.3. The maximum Gasteiger partial charge on any atom is 0.173 e. The summed E-state index contributed by atoms with van der Waals surface area (Å²) in [6.45, 7) is 2.01. The van der Waals surface area contributed by atoms with E-state index in [2.05, 4.69) is 10.2 Å². The number of carbonyl (C=O) groups is 1. The van der Waals surface area contributed by atoms with E-state index >= 15 is 0 Å². The van der Waals surface area contributed by atoms with Gasteiger partial charge in [-0.15, -0.1) is 22.0 Å². The van der Waals surface area contributed by atoms with E-state index < -0.39 is 0 Å². The average Bonchev–Trinajstić information content (AvgIpc) is 3.01. The molecule has 0 bridgehead atoms. The molecule has 0 radical (unpaired) electrons. The van der Waals surface area contributed by atoms with Gasteiger partial charge in [0.2, 0.25) is 0 Å². The van der Waals surface area contributed by atoms with Crippen molar-refractivity contribution in [3.63, 3.8) is 0 Å². The van der Waals surface area contributed by atoms with E-state index in [1.54, 1.807) is 14.2 Å². The molecule has 1 heterocycles. The van der Waals surface area contributed by atoms with Gasteiger partial charge < -0.3 is 9.47 Å². The Kier molecular flexibility index (Phi) is 6.71. The third kappa shape index (κ3) is 4.75. The monoisotopic (exact) mass is 444 g/mol. The molecule has 0 N–H and O–H groups in total. The van der Waals surface area contributed by atoms with Gasteiger partial charge in [0, 0.05) is 23.1 Å². The standard InChI is InChI=1S/C26H24N2O3S/c1-17-9-11-18(12-10-17)22(29)16-32-25-14-20-13-23(30-2)24(31-3)15-21(20)26(28-27-25)19-7-5-4-6-8-19/h4-13,15H,14,16H2,1-3H3. The number of nitrogens with zero attached hydrogens (tertiary/aromatic N) is 2. The Hall–Kier alpha value is -3.38. The topological polar surface area (TPSA) is 60.2 Å². The summed E-state index contributed by atoms with van der Waals surface area (Å²) in [7, 11) is 3.24. The summed E-state index contributed by atoms with van der Waals surface area (Å²) in [6.07, 6.45) is 0.557. The number of thioether (sulfide) groups is 1. The third-order valence-corrected chi connectivity index (χ3v) is 6.22. The number of carbonyl (C=O) groups excluding carboxylic acids is 1. The summed E-state index contributed by atoms with van der Waals surface area (Å²) in [4.78, 5) is 12.7. The molecule has 0 aromatic heterocycles. The van der Waals surface area contributed by atoms with Gasteiger partial charge in [-0.2, -0.15) is 0 Å². The molecule has 0 saturated carbocycles. The highest BCUT2D eigenvalue weighted by atomic mass is 32.2. The Balaban J connectivity index is 1.66. The number of hydrogen-bond acceptors (Lipinski definition) is 6. The highest BCUT2D eigenvalue weighted by Crippen LogP contribution is 2.34. The van der Waals surface area contributed by atoms with Gasteiger partial charge in [0.05, 0.1) is 20.0 Å². The number of Topliss-reactive ketones (excluding diaryl/α,β-unsaturated/α-hetero) is 1. The molecule has 5 nitrogen and oxygen atoms in total. The van der Waals surface area contributed by atoms with Crippen molar-refractivity contribution in [3.8, 4) is 11.5 Å². The minimum atomic E-state index is 0.0711. The SMILES string of the molecule is COc1cc2c(cc1OC)C(c1ccccc1)=NN=C(SCC(=O)c1ccc(C)cc1)C2.